The molecule has 1 saturated heterocycles. The molecule has 3 rings (SSSR count). The summed E-state index contributed by atoms with van der Waals surface area (Å²) in [5.74, 6) is -2.58. The molecule has 3 amide bonds. The highest BCUT2D eigenvalue weighted by Crippen LogP contribution is 2.34. The SMILES string of the molecule is CC(C)N(C(=O)COC(=O)CN1C(=O)[C@@H]2CC=CC[C@H]2C1=O)c1ccccc1. The van der Waals surface area contributed by atoms with Crippen LogP contribution in [0.3, 0.4) is 0 Å². The summed E-state index contributed by atoms with van der Waals surface area (Å²) in [4.78, 5) is 52.0. The Morgan fingerprint density at radius 3 is 2.18 bits per heavy atom. The number of hydrogen-bond acceptors (Lipinski definition) is 5. The summed E-state index contributed by atoms with van der Waals surface area (Å²) in [6.07, 6.45) is 4.80. The molecule has 0 spiro atoms. The van der Waals surface area contributed by atoms with Gasteiger partial charge in [-0.2, -0.15) is 0 Å². The molecular formula is C21H24N2O5. The number of para-hydroxylation sites is 1. The van der Waals surface area contributed by atoms with E-state index < -0.39 is 19.1 Å². The Hall–Kier alpha value is -2.96. The fourth-order valence-corrected chi connectivity index (χ4v) is 3.73. The molecule has 0 aromatic heterocycles. The normalized spacial score (nSPS) is 21.0. The van der Waals surface area contributed by atoms with Crippen LogP contribution in [0.25, 0.3) is 0 Å². The summed E-state index contributed by atoms with van der Waals surface area (Å²) >= 11 is 0. The second-order valence-electron chi connectivity index (χ2n) is 7.27. The summed E-state index contributed by atoms with van der Waals surface area (Å²) in [6, 6.07) is 8.98. The smallest absolute Gasteiger partial charge is 0.326 e. The van der Waals surface area contributed by atoms with E-state index in [1.54, 1.807) is 17.0 Å². The van der Waals surface area contributed by atoms with E-state index in [9.17, 15) is 19.2 Å². The Labute approximate surface area is 163 Å². The van der Waals surface area contributed by atoms with Crippen molar-refractivity contribution in [3.05, 3.63) is 42.5 Å². The first-order valence-electron chi connectivity index (χ1n) is 9.43. The van der Waals surface area contributed by atoms with Crippen molar-refractivity contribution in [2.75, 3.05) is 18.1 Å². The van der Waals surface area contributed by atoms with Gasteiger partial charge in [-0.1, -0.05) is 30.4 Å². The van der Waals surface area contributed by atoms with Gasteiger partial charge >= 0.3 is 5.97 Å². The summed E-state index contributed by atoms with van der Waals surface area (Å²) in [5.41, 5.74) is 0.708. The van der Waals surface area contributed by atoms with Gasteiger partial charge in [0.1, 0.15) is 6.54 Å². The molecule has 148 valence electrons. The maximum absolute atomic E-state index is 12.6. The van der Waals surface area contributed by atoms with Crippen molar-refractivity contribution in [3.63, 3.8) is 0 Å². The molecule has 0 bridgehead atoms. The first kappa shape index (κ1) is 19.8. The van der Waals surface area contributed by atoms with Crippen LogP contribution in [-0.4, -0.2) is 47.8 Å². The lowest BCUT2D eigenvalue weighted by molar-refractivity contribution is -0.154. The molecule has 7 nitrogen and oxygen atoms in total. The van der Waals surface area contributed by atoms with Crippen LogP contribution >= 0.6 is 0 Å². The van der Waals surface area contributed by atoms with Gasteiger partial charge in [-0.05, 0) is 38.8 Å². The van der Waals surface area contributed by atoms with Gasteiger partial charge in [0, 0.05) is 11.7 Å². The number of ether oxygens (including phenoxy) is 1. The fraction of sp³-hybridized carbons (Fsp3) is 0.429. The van der Waals surface area contributed by atoms with Gasteiger partial charge in [0.05, 0.1) is 11.8 Å². The van der Waals surface area contributed by atoms with Crippen LogP contribution in [0.1, 0.15) is 26.7 Å². The first-order valence-corrected chi connectivity index (χ1v) is 9.43. The van der Waals surface area contributed by atoms with Crippen LogP contribution < -0.4 is 4.90 Å². The van der Waals surface area contributed by atoms with Gasteiger partial charge in [0.2, 0.25) is 11.8 Å². The van der Waals surface area contributed by atoms with Crippen molar-refractivity contribution in [1.82, 2.24) is 4.90 Å². The number of amides is 3. The van der Waals surface area contributed by atoms with Gasteiger partial charge in [-0.25, -0.2) is 0 Å². The van der Waals surface area contributed by atoms with Gasteiger partial charge in [0.25, 0.3) is 5.91 Å². The summed E-state index contributed by atoms with van der Waals surface area (Å²) in [6.45, 7) is 2.83. The molecule has 0 unspecified atom stereocenters. The Balaban J connectivity index is 1.57. The van der Waals surface area contributed by atoms with E-state index in [1.165, 1.54) is 0 Å². The van der Waals surface area contributed by atoms with E-state index in [1.807, 2.05) is 44.2 Å². The molecule has 1 aromatic carbocycles. The van der Waals surface area contributed by atoms with Crippen molar-refractivity contribution in [2.24, 2.45) is 11.8 Å². The zero-order chi connectivity index (χ0) is 20.3. The zero-order valence-electron chi connectivity index (χ0n) is 16.0. The van der Waals surface area contributed by atoms with Gasteiger partial charge in [-0.3, -0.25) is 24.1 Å². The van der Waals surface area contributed by atoms with Crippen LogP contribution in [0.4, 0.5) is 5.69 Å². The predicted molar refractivity (Wildman–Crippen MR) is 102 cm³/mol. The molecule has 1 aromatic rings. The first-order chi connectivity index (χ1) is 13.4. The summed E-state index contributed by atoms with van der Waals surface area (Å²) in [7, 11) is 0. The van der Waals surface area contributed by atoms with Crippen molar-refractivity contribution >= 4 is 29.4 Å². The molecule has 1 heterocycles. The standard InChI is InChI=1S/C21H24N2O5/c1-14(2)23(15-8-4-3-5-9-15)18(24)13-28-19(25)12-22-20(26)16-10-6-7-11-17(16)21(22)27/h3-9,14,16-17H,10-13H2,1-2H3/t16-,17-/m1/s1. The van der Waals surface area contributed by atoms with Crippen molar-refractivity contribution in [2.45, 2.75) is 32.7 Å². The minimum atomic E-state index is -0.765. The van der Waals surface area contributed by atoms with E-state index >= 15 is 0 Å². The lowest BCUT2D eigenvalue weighted by Gasteiger charge is -2.26. The highest BCUT2D eigenvalue weighted by molar-refractivity contribution is 6.07. The molecule has 1 aliphatic carbocycles. The third-order valence-electron chi connectivity index (χ3n) is 5.06. The van der Waals surface area contributed by atoms with Crippen LogP contribution in [0.2, 0.25) is 0 Å². The molecule has 7 heteroatoms. The van der Waals surface area contributed by atoms with Gasteiger partial charge in [-0.15, -0.1) is 0 Å². The predicted octanol–water partition coefficient (Wildman–Crippen LogP) is 1.92. The Kier molecular flexibility index (Phi) is 5.92. The van der Waals surface area contributed by atoms with E-state index in [2.05, 4.69) is 0 Å². The number of benzene rings is 1. The quantitative estimate of drug-likeness (QED) is 0.425. The molecule has 0 saturated carbocycles. The van der Waals surface area contributed by atoms with Crippen LogP contribution in [-0.2, 0) is 23.9 Å². The second-order valence-corrected chi connectivity index (χ2v) is 7.27. The van der Waals surface area contributed by atoms with Crippen molar-refractivity contribution < 1.29 is 23.9 Å². The Morgan fingerprint density at radius 2 is 1.64 bits per heavy atom. The number of imide groups is 1. The number of anilines is 1. The third-order valence-corrected chi connectivity index (χ3v) is 5.06. The molecule has 2 aliphatic rings. The minimum Gasteiger partial charge on any atom is -0.454 e. The summed E-state index contributed by atoms with van der Waals surface area (Å²) in [5, 5.41) is 0. The number of rotatable bonds is 6. The van der Waals surface area contributed by atoms with E-state index in [0.29, 0.717) is 18.5 Å². The maximum Gasteiger partial charge on any atom is 0.326 e. The van der Waals surface area contributed by atoms with Crippen LogP contribution in [0.5, 0.6) is 0 Å². The fourth-order valence-electron chi connectivity index (χ4n) is 3.73. The monoisotopic (exact) mass is 384 g/mol. The number of allylic oxidation sites excluding steroid dienone is 2. The molecule has 2 atom stereocenters. The molecule has 1 fully saturated rings. The number of fused-ring (bicyclic) bond motifs is 1. The maximum atomic E-state index is 12.6. The lowest BCUT2D eigenvalue weighted by Crippen LogP contribution is -2.41. The van der Waals surface area contributed by atoms with E-state index in [4.69, 9.17) is 4.74 Å². The molecule has 28 heavy (non-hydrogen) atoms. The number of nitrogens with zero attached hydrogens (tertiary/aromatic N) is 2. The third kappa shape index (κ3) is 3.98. The number of esters is 1. The van der Waals surface area contributed by atoms with Crippen molar-refractivity contribution in [3.8, 4) is 0 Å². The lowest BCUT2D eigenvalue weighted by atomic mass is 9.85. The van der Waals surface area contributed by atoms with Gasteiger partial charge in [0.15, 0.2) is 6.61 Å². The van der Waals surface area contributed by atoms with Crippen LogP contribution in [0.15, 0.2) is 42.5 Å². The average Bonchev–Trinajstić information content (AvgIpc) is 2.92. The number of likely N-dealkylation sites (tertiary alicyclic amines) is 1. The molecule has 0 radical (unpaired) electrons. The molecule has 0 N–H and O–H groups in total. The number of carbonyl (C=O) groups excluding carboxylic acids is 4. The van der Waals surface area contributed by atoms with E-state index in [0.717, 1.165) is 4.90 Å². The molecule has 1 aliphatic heterocycles. The van der Waals surface area contributed by atoms with Crippen LogP contribution in [0, 0.1) is 11.8 Å². The number of hydrogen-bond donors (Lipinski definition) is 0. The van der Waals surface area contributed by atoms with E-state index in [-0.39, 0.29) is 35.6 Å². The summed E-state index contributed by atoms with van der Waals surface area (Å²) < 4.78 is 5.08. The topological polar surface area (TPSA) is 84.0 Å². The highest BCUT2D eigenvalue weighted by Gasteiger charge is 2.47. The largest absolute Gasteiger partial charge is 0.454 e. The minimum absolute atomic E-state index is 0.119. The Bertz CT molecular complexity index is 776. The van der Waals surface area contributed by atoms with Crippen molar-refractivity contribution in [1.29, 1.82) is 0 Å². The number of carbonyl (C=O) groups is 4. The second kappa shape index (κ2) is 8.37. The highest BCUT2D eigenvalue weighted by atomic mass is 16.5. The zero-order valence-corrected chi connectivity index (χ0v) is 16.0. The Morgan fingerprint density at radius 1 is 1.07 bits per heavy atom. The van der Waals surface area contributed by atoms with Gasteiger partial charge < -0.3 is 9.64 Å². The average molecular weight is 384 g/mol. The molecular weight excluding hydrogens is 360 g/mol.